The molecule has 0 fully saturated rings. The Balaban J connectivity index is 1.14. The van der Waals surface area contributed by atoms with Crippen LogP contribution in [-0.2, 0) is 29.6 Å². The molecule has 2 aliphatic rings. The van der Waals surface area contributed by atoms with E-state index < -0.39 is 15.9 Å². The Morgan fingerprint density at radius 3 is 2.36 bits per heavy atom. The largest absolute Gasteiger partial charge is 0.493 e. The predicted octanol–water partition coefficient (Wildman–Crippen LogP) is 5.32. The quantitative estimate of drug-likeness (QED) is 0.222. The molecule has 230 valence electrons. The molecule has 0 aromatic heterocycles. The maximum absolute atomic E-state index is 12.9. The molecule has 0 radical (unpaired) electrons. The van der Waals surface area contributed by atoms with Crippen molar-refractivity contribution >= 4 is 15.9 Å². The third-order valence-corrected chi connectivity index (χ3v) is 9.67. The van der Waals surface area contributed by atoms with Gasteiger partial charge in [-0.1, -0.05) is 84.6 Å². The molecule has 0 unspecified atom stereocenters. The Morgan fingerprint density at radius 2 is 1.62 bits per heavy atom. The van der Waals surface area contributed by atoms with Gasteiger partial charge in [0.1, 0.15) is 23.4 Å². The maximum Gasteiger partial charge on any atom is 0.269 e. The van der Waals surface area contributed by atoms with E-state index in [1.54, 1.807) is 19.2 Å². The number of methoxy groups -OCH3 is 1. The molecule has 1 atom stereocenters. The van der Waals surface area contributed by atoms with Crippen molar-refractivity contribution in [2.24, 2.45) is 0 Å². The van der Waals surface area contributed by atoms with Gasteiger partial charge in [0.2, 0.25) is 0 Å². The van der Waals surface area contributed by atoms with E-state index in [1.165, 1.54) is 12.1 Å². The van der Waals surface area contributed by atoms with Crippen LogP contribution in [0.1, 0.15) is 33.5 Å². The Kier molecular flexibility index (Phi) is 9.06. The van der Waals surface area contributed by atoms with Crippen LogP contribution in [0.2, 0.25) is 0 Å². The lowest BCUT2D eigenvalue weighted by molar-refractivity contribution is 0.0882. The van der Waals surface area contributed by atoms with Gasteiger partial charge in [-0.15, -0.1) is 0 Å². The van der Waals surface area contributed by atoms with Gasteiger partial charge in [-0.25, -0.2) is 12.7 Å². The van der Waals surface area contributed by atoms with Gasteiger partial charge in [0.15, 0.2) is 11.5 Å². The monoisotopic (exact) mass is 622 g/mol. The molecule has 0 spiro atoms. The number of hydrogen-bond acceptors (Lipinski definition) is 7. The van der Waals surface area contributed by atoms with Crippen LogP contribution in [0.25, 0.3) is 0 Å². The Labute approximate surface area is 264 Å². The molecule has 2 aliphatic heterocycles. The first kappa shape index (κ1) is 30.3. The van der Waals surface area contributed by atoms with E-state index in [0.717, 1.165) is 39.6 Å². The van der Waals surface area contributed by atoms with Gasteiger partial charge in [-0.3, -0.25) is 9.69 Å². The second-order valence-electron chi connectivity index (χ2n) is 11.0. The number of fused-ring (bicyclic) bond motifs is 2. The molecule has 0 saturated carbocycles. The topological polar surface area (TPSA) is 85.4 Å². The standard InChI is InChI=1S/C36H34N2O6S/c1-42-33-22-29-18-19-30(44-32(29)23-34(33)43-26-28-14-6-3-7-15-28)25-37(24-27-12-4-2-5-13-27)20-10-11-21-38-36(39)31-16-8-9-17-35(31)45(38,40)41/h2-9,12-17,22-23,30H,18-21,24-26H2,1H3/t30-/m1/s1. The minimum Gasteiger partial charge on any atom is -0.493 e. The van der Waals surface area contributed by atoms with Crippen molar-refractivity contribution in [1.29, 1.82) is 0 Å². The smallest absolute Gasteiger partial charge is 0.269 e. The van der Waals surface area contributed by atoms with Crippen molar-refractivity contribution in [3.8, 4) is 29.1 Å². The summed E-state index contributed by atoms with van der Waals surface area (Å²) in [5.74, 6) is 7.57. The molecule has 8 nitrogen and oxygen atoms in total. The van der Waals surface area contributed by atoms with Crippen LogP contribution in [0, 0.1) is 11.8 Å². The van der Waals surface area contributed by atoms with Crippen LogP contribution in [0.3, 0.4) is 0 Å². The summed E-state index contributed by atoms with van der Waals surface area (Å²) in [4.78, 5) is 15.0. The fourth-order valence-corrected chi connectivity index (χ4v) is 7.05. The summed E-state index contributed by atoms with van der Waals surface area (Å²) in [6.45, 7) is 1.85. The van der Waals surface area contributed by atoms with Crippen LogP contribution in [0.4, 0.5) is 0 Å². The second kappa shape index (κ2) is 13.5. The first-order valence-electron chi connectivity index (χ1n) is 14.8. The number of benzene rings is 4. The Hall–Kier alpha value is -4.78. The van der Waals surface area contributed by atoms with Gasteiger partial charge < -0.3 is 14.2 Å². The van der Waals surface area contributed by atoms with Gasteiger partial charge in [0.05, 0.1) is 25.8 Å². The van der Waals surface area contributed by atoms with Crippen molar-refractivity contribution < 1.29 is 27.4 Å². The van der Waals surface area contributed by atoms with E-state index in [9.17, 15) is 13.2 Å². The minimum absolute atomic E-state index is 0.0310. The molecule has 0 aliphatic carbocycles. The highest BCUT2D eigenvalue weighted by Gasteiger charge is 2.40. The fourth-order valence-electron chi connectivity index (χ4n) is 5.58. The molecule has 2 heterocycles. The zero-order chi connectivity index (χ0) is 31.2. The number of amides is 1. The molecule has 45 heavy (non-hydrogen) atoms. The normalized spacial score (nSPS) is 16.3. The number of rotatable bonds is 10. The van der Waals surface area contributed by atoms with Crippen LogP contribution in [0.5, 0.6) is 17.2 Å². The van der Waals surface area contributed by atoms with Crippen molar-refractivity contribution in [1.82, 2.24) is 9.21 Å². The van der Waals surface area contributed by atoms with Gasteiger partial charge >= 0.3 is 0 Å². The predicted molar refractivity (Wildman–Crippen MR) is 171 cm³/mol. The molecule has 0 saturated heterocycles. The lowest BCUT2D eigenvalue weighted by Crippen LogP contribution is -2.37. The molecule has 0 N–H and O–H groups in total. The number of aryl methyl sites for hydroxylation is 1. The summed E-state index contributed by atoms with van der Waals surface area (Å²) in [6, 6.07) is 30.2. The van der Waals surface area contributed by atoms with E-state index >= 15 is 0 Å². The zero-order valence-electron chi connectivity index (χ0n) is 25.0. The second-order valence-corrected chi connectivity index (χ2v) is 12.8. The average Bonchev–Trinajstić information content (AvgIpc) is 3.26. The molecule has 9 heteroatoms. The first-order valence-corrected chi connectivity index (χ1v) is 16.3. The third kappa shape index (κ3) is 6.83. The molecule has 4 aromatic carbocycles. The van der Waals surface area contributed by atoms with E-state index in [0.29, 0.717) is 37.7 Å². The lowest BCUT2D eigenvalue weighted by Gasteiger charge is -2.31. The number of ether oxygens (including phenoxy) is 3. The fraction of sp³-hybridized carbons (Fsp3) is 0.250. The molecule has 1 amide bonds. The highest BCUT2D eigenvalue weighted by molar-refractivity contribution is 7.90. The van der Waals surface area contributed by atoms with Gasteiger partial charge in [-0.2, -0.15) is 0 Å². The van der Waals surface area contributed by atoms with Crippen LogP contribution >= 0.6 is 0 Å². The van der Waals surface area contributed by atoms with Crippen molar-refractivity contribution in [2.45, 2.75) is 37.0 Å². The van der Waals surface area contributed by atoms with E-state index in [-0.39, 0.29) is 23.1 Å². The Morgan fingerprint density at radius 1 is 0.911 bits per heavy atom. The maximum atomic E-state index is 12.9. The molecular formula is C36H34N2O6S. The zero-order valence-corrected chi connectivity index (χ0v) is 25.8. The van der Waals surface area contributed by atoms with E-state index in [2.05, 4.69) is 28.9 Å². The first-order chi connectivity index (χ1) is 21.9. The summed E-state index contributed by atoms with van der Waals surface area (Å²) in [7, 11) is -2.26. The van der Waals surface area contributed by atoms with E-state index in [1.807, 2.05) is 60.7 Å². The highest BCUT2D eigenvalue weighted by atomic mass is 32.2. The Bertz CT molecular complexity index is 1830. The molecule has 0 bridgehead atoms. The van der Waals surface area contributed by atoms with Gasteiger partial charge in [0.25, 0.3) is 15.9 Å². The minimum atomic E-state index is -3.90. The lowest BCUT2D eigenvalue weighted by atomic mass is 10.0. The number of hydrogen-bond donors (Lipinski definition) is 0. The van der Waals surface area contributed by atoms with Crippen LogP contribution < -0.4 is 14.2 Å². The summed E-state index contributed by atoms with van der Waals surface area (Å²) >= 11 is 0. The van der Waals surface area contributed by atoms with Gasteiger partial charge in [-0.05, 0) is 47.7 Å². The number of nitrogens with zero attached hydrogens (tertiary/aromatic N) is 2. The SMILES string of the molecule is COc1cc2c(cc1OCc1ccccc1)O[C@@H](CN(CC#CCN1C(=O)c3ccccc3S1(=O)=O)Cc1ccccc1)CC2. The number of carbonyl (C=O) groups is 1. The summed E-state index contributed by atoms with van der Waals surface area (Å²) in [6.07, 6.45) is 1.56. The highest BCUT2D eigenvalue weighted by Crippen LogP contribution is 2.39. The van der Waals surface area contributed by atoms with E-state index in [4.69, 9.17) is 14.2 Å². The van der Waals surface area contributed by atoms with Crippen LogP contribution in [0.15, 0.2) is 102 Å². The van der Waals surface area contributed by atoms with Crippen molar-refractivity contribution in [2.75, 3.05) is 26.7 Å². The number of carbonyl (C=O) groups excluding carboxylic acids is 1. The van der Waals surface area contributed by atoms with Gasteiger partial charge in [0, 0.05) is 19.2 Å². The summed E-state index contributed by atoms with van der Waals surface area (Å²) in [5.41, 5.74) is 3.45. The third-order valence-electron chi connectivity index (χ3n) is 7.89. The molecular weight excluding hydrogens is 588 g/mol. The summed E-state index contributed by atoms with van der Waals surface area (Å²) < 4.78 is 44.9. The number of sulfonamides is 1. The molecule has 4 aromatic rings. The van der Waals surface area contributed by atoms with Crippen molar-refractivity contribution in [3.05, 3.63) is 119 Å². The van der Waals surface area contributed by atoms with Crippen molar-refractivity contribution in [3.63, 3.8) is 0 Å². The summed E-state index contributed by atoms with van der Waals surface area (Å²) in [5, 5.41) is 0. The molecule has 6 rings (SSSR count). The average molecular weight is 623 g/mol. The van der Waals surface area contributed by atoms with Crippen LogP contribution in [-0.4, -0.2) is 56.4 Å².